The number of pyridine rings is 1. The van der Waals surface area contributed by atoms with Crippen molar-refractivity contribution < 1.29 is 0 Å². The lowest BCUT2D eigenvalue weighted by atomic mass is 10.2. The van der Waals surface area contributed by atoms with Crippen LogP contribution >= 0.6 is 11.3 Å². The molecule has 0 unspecified atom stereocenters. The van der Waals surface area contributed by atoms with Crippen LogP contribution in [0.2, 0.25) is 0 Å². The second kappa shape index (κ2) is 4.35. The van der Waals surface area contributed by atoms with Gasteiger partial charge in [0, 0.05) is 28.0 Å². The van der Waals surface area contributed by atoms with Gasteiger partial charge in [-0.15, -0.1) is 11.3 Å². The summed E-state index contributed by atoms with van der Waals surface area (Å²) in [4.78, 5) is 13.5. The number of benzene rings is 1. The van der Waals surface area contributed by atoms with Gasteiger partial charge >= 0.3 is 0 Å². The smallest absolute Gasteiger partial charge is 0.161 e. The van der Waals surface area contributed by atoms with Gasteiger partial charge in [-0.2, -0.15) is 0 Å². The summed E-state index contributed by atoms with van der Waals surface area (Å²) in [5.74, 6) is 0.742. The summed E-state index contributed by atoms with van der Waals surface area (Å²) >= 11 is 1.75. The number of thiophene rings is 1. The Morgan fingerprint density at radius 2 is 1.90 bits per heavy atom. The van der Waals surface area contributed by atoms with Crippen LogP contribution in [0, 0.1) is 6.92 Å². The van der Waals surface area contributed by atoms with Crippen molar-refractivity contribution in [3.05, 3.63) is 54.5 Å². The molecule has 0 aliphatic rings. The van der Waals surface area contributed by atoms with Crippen molar-refractivity contribution in [3.63, 3.8) is 0 Å². The van der Waals surface area contributed by atoms with E-state index in [1.54, 1.807) is 23.7 Å². The Bertz CT molecular complexity index is 913. The molecule has 0 saturated heterocycles. The minimum absolute atomic E-state index is 0.742. The predicted molar refractivity (Wildman–Crippen MR) is 82.9 cm³/mol. The predicted octanol–water partition coefficient (Wildman–Crippen LogP) is 4.21. The summed E-state index contributed by atoms with van der Waals surface area (Å²) in [6.45, 7) is 2.04. The van der Waals surface area contributed by atoms with Crippen molar-refractivity contribution in [2.75, 3.05) is 0 Å². The summed E-state index contributed by atoms with van der Waals surface area (Å²) in [7, 11) is 0. The van der Waals surface area contributed by atoms with E-state index in [-0.39, 0.29) is 0 Å². The number of rotatable bonds is 1. The van der Waals surface area contributed by atoms with Crippen LogP contribution in [-0.4, -0.2) is 15.0 Å². The summed E-state index contributed by atoms with van der Waals surface area (Å²) in [5.41, 5.74) is 3.01. The average Bonchev–Trinajstić information content (AvgIpc) is 2.88. The number of nitrogens with zero attached hydrogens (tertiary/aromatic N) is 3. The van der Waals surface area contributed by atoms with Crippen molar-refractivity contribution in [1.82, 2.24) is 15.0 Å². The Kier molecular flexibility index (Phi) is 2.50. The van der Waals surface area contributed by atoms with Crippen LogP contribution in [0.3, 0.4) is 0 Å². The Hall–Kier alpha value is -2.33. The molecule has 0 saturated carbocycles. The van der Waals surface area contributed by atoms with Crippen LogP contribution in [-0.2, 0) is 0 Å². The van der Waals surface area contributed by atoms with Crippen molar-refractivity contribution >= 4 is 31.6 Å². The number of aromatic nitrogens is 3. The van der Waals surface area contributed by atoms with E-state index in [1.807, 2.05) is 19.1 Å². The zero-order valence-electron chi connectivity index (χ0n) is 10.9. The van der Waals surface area contributed by atoms with E-state index in [4.69, 9.17) is 4.98 Å². The molecule has 0 aliphatic heterocycles. The van der Waals surface area contributed by atoms with Gasteiger partial charge in [-0.1, -0.05) is 18.2 Å². The van der Waals surface area contributed by atoms with Crippen molar-refractivity contribution in [2.45, 2.75) is 6.92 Å². The molecule has 1 aromatic carbocycles. The Morgan fingerprint density at radius 3 is 2.75 bits per heavy atom. The van der Waals surface area contributed by atoms with Gasteiger partial charge < -0.3 is 0 Å². The fourth-order valence-corrected chi connectivity index (χ4v) is 3.44. The van der Waals surface area contributed by atoms with Gasteiger partial charge in [-0.05, 0) is 25.1 Å². The average molecular weight is 277 g/mol. The van der Waals surface area contributed by atoms with Gasteiger partial charge in [0.05, 0.1) is 15.9 Å². The molecule has 0 atom stereocenters. The monoisotopic (exact) mass is 277 g/mol. The van der Waals surface area contributed by atoms with Gasteiger partial charge in [0.25, 0.3) is 0 Å². The van der Waals surface area contributed by atoms with Crippen molar-refractivity contribution in [3.8, 4) is 11.4 Å². The van der Waals surface area contributed by atoms with Gasteiger partial charge in [0.15, 0.2) is 5.82 Å². The standard InChI is InChI=1S/C16H11N3S/c1-10-15-14(12-6-2-3-7-13(12)20-15)19-16(18-10)11-5-4-8-17-9-11/h2-9H,1H3. The zero-order valence-corrected chi connectivity index (χ0v) is 11.7. The van der Waals surface area contributed by atoms with Gasteiger partial charge in [-0.3, -0.25) is 4.98 Å². The van der Waals surface area contributed by atoms with Gasteiger partial charge in [0.1, 0.15) is 0 Å². The molecule has 3 heterocycles. The minimum atomic E-state index is 0.742. The normalized spacial score (nSPS) is 11.2. The first-order valence-electron chi connectivity index (χ1n) is 6.39. The molecule has 0 N–H and O–H groups in total. The second-order valence-corrected chi connectivity index (χ2v) is 5.70. The molecule has 20 heavy (non-hydrogen) atoms. The Labute approximate surface area is 120 Å². The maximum atomic E-state index is 4.75. The molecule has 4 rings (SSSR count). The molecule has 0 amide bonds. The molecular weight excluding hydrogens is 266 g/mol. The topological polar surface area (TPSA) is 38.7 Å². The van der Waals surface area contributed by atoms with E-state index >= 15 is 0 Å². The summed E-state index contributed by atoms with van der Waals surface area (Å²) in [6, 6.07) is 12.3. The number of aryl methyl sites for hydroxylation is 1. The van der Waals surface area contributed by atoms with E-state index in [0.29, 0.717) is 0 Å². The van der Waals surface area contributed by atoms with Gasteiger partial charge in [0.2, 0.25) is 0 Å². The number of hydrogen-bond donors (Lipinski definition) is 0. The maximum Gasteiger partial charge on any atom is 0.161 e. The van der Waals surface area contributed by atoms with E-state index in [2.05, 4.69) is 34.2 Å². The summed E-state index contributed by atoms with van der Waals surface area (Å²) in [5, 5.41) is 1.20. The molecule has 3 nitrogen and oxygen atoms in total. The van der Waals surface area contributed by atoms with Gasteiger partial charge in [-0.25, -0.2) is 9.97 Å². The minimum Gasteiger partial charge on any atom is -0.264 e. The third-order valence-corrected chi connectivity index (χ3v) is 4.58. The van der Waals surface area contributed by atoms with E-state index in [9.17, 15) is 0 Å². The first-order chi connectivity index (χ1) is 9.83. The van der Waals surface area contributed by atoms with Crippen LogP contribution in [0.1, 0.15) is 5.69 Å². The summed E-state index contributed by atoms with van der Waals surface area (Å²) in [6.07, 6.45) is 3.56. The molecule has 4 heteroatoms. The third-order valence-electron chi connectivity index (χ3n) is 3.31. The molecule has 96 valence electrons. The highest BCUT2D eigenvalue weighted by Gasteiger charge is 2.12. The lowest BCUT2D eigenvalue weighted by Gasteiger charge is -2.02. The van der Waals surface area contributed by atoms with E-state index < -0.39 is 0 Å². The molecule has 0 spiro atoms. The van der Waals surface area contributed by atoms with Crippen LogP contribution in [0.15, 0.2) is 48.8 Å². The van der Waals surface area contributed by atoms with Crippen LogP contribution < -0.4 is 0 Å². The highest BCUT2D eigenvalue weighted by atomic mass is 32.1. The largest absolute Gasteiger partial charge is 0.264 e. The first-order valence-corrected chi connectivity index (χ1v) is 7.21. The summed E-state index contributed by atoms with van der Waals surface area (Å²) < 4.78 is 2.42. The van der Waals surface area contributed by atoms with Crippen LogP contribution in [0.4, 0.5) is 0 Å². The molecular formula is C16H11N3S. The highest BCUT2D eigenvalue weighted by molar-refractivity contribution is 7.25. The molecule has 3 aromatic heterocycles. The third kappa shape index (κ3) is 1.69. The lowest BCUT2D eigenvalue weighted by molar-refractivity contribution is 1.16. The second-order valence-electron chi connectivity index (χ2n) is 4.65. The molecule has 0 bridgehead atoms. The zero-order chi connectivity index (χ0) is 13.5. The Morgan fingerprint density at radius 1 is 1.00 bits per heavy atom. The molecule has 4 aromatic rings. The molecule has 0 radical (unpaired) electrons. The highest BCUT2D eigenvalue weighted by Crippen LogP contribution is 2.34. The number of fused-ring (bicyclic) bond motifs is 3. The van der Waals surface area contributed by atoms with Crippen molar-refractivity contribution in [1.29, 1.82) is 0 Å². The van der Waals surface area contributed by atoms with Crippen LogP contribution in [0.5, 0.6) is 0 Å². The molecule has 0 fully saturated rings. The maximum absolute atomic E-state index is 4.75. The fraction of sp³-hybridized carbons (Fsp3) is 0.0625. The van der Waals surface area contributed by atoms with Crippen molar-refractivity contribution in [2.24, 2.45) is 0 Å². The SMILES string of the molecule is Cc1nc(-c2cccnc2)nc2c1sc1ccccc12. The molecule has 0 aliphatic carbocycles. The van der Waals surface area contributed by atoms with Crippen LogP contribution in [0.25, 0.3) is 31.7 Å². The van der Waals surface area contributed by atoms with E-state index in [0.717, 1.165) is 22.6 Å². The Balaban J connectivity index is 2.08. The van der Waals surface area contributed by atoms with E-state index in [1.165, 1.54) is 14.8 Å². The number of hydrogen-bond acceptors (Lipinski definition) is 4. The quantitative estimate of drug-likeness (QED) is 0.523. The first kappa shape index (κ1) is 11.5. The lowest BCUT2D eigenvalue weighted by Crippen LogP contribution is -1.92. The fourth-order valence-electron chi connectivity index (χ4n) is 2.35.